The standard InChI is InChI=1S/C30H28N2O6/c33-29(37-31(35,21-25-13-5-1-6-14-25)22-26-15-7-2-8-16-26)30(34)38-32(36,23-27-17-9-3-10-18-27)24-28-19-11-4-12-20-28/h1-20H,21-24H2. The molecule has 8 nitrogen and oxygen atoms in total. The van der Waals surface area contributed by atoms with Crippen molar-refractivity contribution in [2.45, 2.75) is 26.2 Å². The number of carbonyl (C=O) groups excluding carboxylic acids is 2. The minimum absolute atomic E-state index is 0.236. The predicted molar refractivity (Wildman–Crippen MR) is 140 cm³/mol. The summed E-state index contributed by atoms with van der Waals surface area (Å²) in [6, 6.07) is 35.1. The number of benzene rings is 4. The third kappa shape index (κ3) is 7.83. The topological polar surface area (TPSA) is 98.7 Å². The zero-order valence-corrected chi connectivity index (χ0v) is 20.7. The summed E-state index contributed by atoms with van der Waals surface area (Å²) >= 11 is 0. The van der Waals surface area contributed by atoms with Crippen molar-refractivity contribution in [3.63, 3.8) is 0 Å². The molecule has 4 aromatic carbocycles. The molecule has 0 amide bonds. The molecule has 0 heterocycles. The molecular weight excluding hydrogens is 484 g/mol. The van der Waals surface area contributed by atoms with Crippen LogP contribution in [0.3, 0.4) is 0 Å². The zero-order valence-electron chi connectivity index (χ0n) is 20.7. The number of hydrogen-bond acceptors (Lipinski definition) is 6. The van der Waals surface area contributed by atoms with Crippen LogP contribution in [-0.4, -0.2) is 21.6 Å². The lowest BCUT2D eigenvalue weighted by atomic mass is 10.2. The lowest BCUT2D eigenvalue weighted by Gasteiger charge is -2.39. The van der Waals surface area contributed by atoms with Crippen LogP contribution in [0.2, 0.25) is 0 Å². The van der Waals surface area contributed by atoms with Crippen LogP contribution in [0.5, 0.6) is 0 Å². The van der Waals surface area contributed by atoms with Gasteiger partial charge in [0, 0.05) is 22.3 Å². The van der Waals surface area contributed by atoms with Gasteiger partial charge in [-0.25, -0.2) is 9.59 Å². The lowest BCUT2D eigenvalue weighted by molar-refractivity contribution is -1.08. The molecule has 0 aromatic heterocycles. The fraction of sp³-hybridized carbons (Fsp3) is 0.133. The van der Waals surface area contributed by atoms with E-state index in [-0.39, 0.29) is 26.2 Å². The Morgan fingerprint density at radius 1 is 0.447 bits per heavy atom. The molecule has 0 unspecified atom stereocenters. The van der Waals surface area contributed by atoms with Crippen LogP contribution in [0, 0.1) is 10.4 Å². The first-order chi connectivity index (χ1) is 18.3. The van der Waals surface area contributed by atoms with E-state index >= 15 is 0 Å². The van der Waals surface area contributed by atoms with E-state index in [1.807, 2.05) is 0 Å². The van der Waals surface area contributed by atoms with Gasteiger partial charge in [-0.05, 0) is 0 Å². The maximum absolute atomic E-state index is 13.7. The first-order valence-corrected chi connectivity index (χ1v) is 12.1. The quantitative estimate of drug-likeness (QED) is 0.162. The van der Waals surface area contributed by atoms with E-state index in [4.69, 9.17) is 9.68 Å². The smallest absolute Gasteiger partial charge is 0.480 e. The summed E-state index contributed by atoms with van der Waals surface area (Å²) in [5.74, 6) is -3.07. The van der Waals surface area contributed by atoms with E-state index in [0.717, 1.165) is 0 Å². The molecule has 0 radical (unpaired) electrons. The minimum atomic E-state index is -1.54. The van der Waals surface area contributed by atoms with Crippen LogP contribution in [0.25, 0.3) is 0 Å². The van der Waals surface area contributed by atoms with Gasteiger partial charge in [-0.1, -0.05) is 121 Å². The SMILES string of the molecule is O=C(O[N+]([O-])(Cc1ccccc1)Cc1ccccc1)C(=O)O[N+]([O-])(Cc1ccccc1)Cc1ccccc1. The van der Waals surface area contributed by atoms with Gasteiger partial charge in [0.25, 0.3) is 0 Å². The van der Waals surface area contributed by atoms with Crippen molar-refractivity contribution in [2.75, 3.05) is 0 Å². The van der Waals surface area contributed by atoms with Gasteiger partial charge < -0.3 is 10.4 Å². The fourth-order valence-electron chi connectivity index (χ4n) is 4.06. The maximum atomic E-state index is 13.7. The maximum Gasteiger partial charge on any atom is 0.480 e. The average Bonchev–Trinajstić information content (AvgIpc) is 2.90. The molecule has 0 aliphatic rings. The Morgan fingerprint density at radius 3 is 0.868 bits per heavy atom. The highest BCUT2D eigenvalue weighted by atomic mass is 17.0. The molecular formula is C30H28N2O6. The molecule has 0 aliphatic heterocycles. The summed E-state index contributed by atoms with van der Waals surface area (Å²) < 4.78 is 0. The monoisotopic (exact) mass is 512 g/mol. The second-order valence-electron chi connectivity index (χ2n) is 8.96. The fourth-order valence-corrected chi connectivity index (χ4v) is 4.06. The Kier molecular flexibility index (Phi) is 8.62. The second-order valence-corrected chi connectivity index (χ2v) is 8.96. The highest BCUT2D eigenvalue weighted by molar-refractivity contribution is 6.29. The Morgan fingerprint density at radius 2 is 0.658 bits per heavy atom. The largest absolute Gasteiger partial charge is 0.589 e. The van der Waals surface area contributed by atoms with Crippen LogP contribution in [-0.2, 0) is 45.4 Å². The van der Waals surface area contributed by atoms with Crippen LogP contribution in [0.1, 0.15) is 22.3 Å². The number of carbonyl (C=O) groups is 2. The molecule has 194 valence electrons. The van der Waals surface area contributed by atoms with E-state index in [9.17, 15) is 20.0 Å². The van der Waals surface area contributed by atoms with Crippen LogP contribution >= 0.6 is 0 Å². The molecule has 38 heavy (non-hydrogen) atoms. The predicted octanol–water partition coefficient (Wildman–Crippen LogP) is 5.33. The summed E-state index contributed by atoms with van der Waals surface area (Å²) in [7, 11) is 0. The molecule has 0 saturated heterocycles. The molecule has 4 rings (SSSR count). The molecule has 0 fully saturated rings. The summed E-state index contributed by atoms with van der Waals surface area (Å²) in [6.45, 7) is -0.944. The Balaban J connectivity index is 1.53. The van der Waals surface area contributed by atoms with Gasteiger partial charge in [-0.3, -0.25) is 9.68 Å². The van der Waals surface area contributed by atoms with E-state index in [1.165, 1.54) is 0 Å². The van der Waals surface area contributed by atoms with Gasteiger partial charge >= 0.3 is 11.9 Å². The summed E-state index contributed by atoms with van der Waals surface area (Å²) in [6.07, 6.45) is 0. The van der Waals surface area contributed by atoms with Crippen molar-refractivity contribution in [3.8, 4) is 0 Å². The highest BCUT2D eigenvalue weighted by Gasteiger charge is 2.36. The molecule has 0 aliphatic carbocycles. The molecule has 0 N–H and O–H groups in total. The summed E-state index contributed by atoms with van der Waals surface area (Å²) in [5, 5.41) is 27.4. The lowest BCUT2D eigenvalue weighted by Crippen LogP contribution is -2.48. The van der Waals surface area contributed by atoms with Crippen molar-refractivity contribution in [1.82, 2.24) is 0 Å². The summed E-state index contributed by atoms with van der Waals surface area (Å²) in [5.41, 5.74) is 2.45. The van der Waals surface area contributed by atoms with Gasteiger partial charge in [0.1, 0.15) is 26.2 Å². The van der Waals surface area contributed by atoms with E-state index in [2.05, 4.69) is 0 Å². The number of nitrogens with zero attached hydrogens (tertiary/aromatic N) is 2. The van der Waals surface area contributed by atoms with Gasteiger partial charge in [-0.2, -0.15) is 9.62 Å². The molecule has 0 spiro atoms. The highest BCUT2D eigenvalue weighted by Crippen LogP contribution is 2.23. The average molecular weight is 513 g/mol. The van der Waals surface area contributed by atoms with E-state index in [1.54, 1.807) is 121 Å². The second kappa shape index (κ2) is 12.3. The van der Waals surface area contributed by atoms with E-state index < -0.39 is 21.6 Å². The van der Waals surface area contributed by atoms with Gasteiger partial charge in [-0.15, -0.1) is 0 Å². The van der Waals surface area contributed by atoms with Crippen molar-refractivity contribution in [1.29, 1.82) is 0 Å². The number of hydrogen-bond donors (Lipinski definition) is 0. The Hall–Kier alpha value is -4.34. The van der Waals surface area contributed by atoms with E-state index in [0.29, 0.717) is 22.3 Å². The van der Waals surface area contributed by atoms with Crippen molar-refractivity contribution in [3.05, 3.63) is 154 Å². The minimum Gasteiger partial charge on any atom is -0.589 e. The summed E-state index contributed by atoms with van der Waals surface area (Å²) in [4.78, 5) is 33.1. The van der Waals surface area contributed by atoms with Crippen molar-refractivity contribution in [2.24, 2.45) is 0 Å². The zero-order chi connectivity index (χ0) is 26.8. The normalized spacial score (nSPS) is 11.5. The molecule has 8 heteroatoms. The molecule has 4 aromatic rings. The Labute approximate surface area is 221 Å². The number of rotatable bonds is 10. The first-order valence-electron chi connectivity index (χ1n) is 12.1. The Bertz CT molecular complexity index is 1130. The van der Waals surface area contributed by atoms with Crippen molar-refractivity contribution < 1.29 is 28.9 Å². The van der Waals surface area contributed by atoms with Gasteiger partial charge in [0.15, 0.2) is 0 Å². The number of hydroxylamine groups is 8. The third-order valence-electron chi connectivity index (χ3n) is 5.73. The van der Waals surface area contributed by atoms with Crippen molar-refractivity contribution >= 4 is 11.9 Å². The van der Waals surface area contributed by atoms with Crippen LogP contribution in [0.15, 0.2) is 121 Å². The first kappa shape index (κ1) is 26.7. The van der Waals surface area contributed by atoms with Crippen LogP contribution in [0.4, 0.5) is 0 Å². The molecule has 0 saturated carbocycles. The third-order valence-corrected chi connectivity index (χ3v) is 5.73. The molecule has 0 bridgehead atoms. The van der Waals surface area contributed by atoms with Crippen LogP contribution < -0.4 is 0 Å². The van der Waals surface area contributed by atoms with Gasteiger partial charge in [0.2, 0.25) is 0 Å². The van der Waals surface area contributed by atoms with Gasteiger partial charge in [0.05, 0.1) is 0 Å². The number of quaternary nitrogens is 2. The molecule has 0 atom stereocenters.